The number of hydrogen-bond acceptors (Lipinski definition) is 0. The minimum absolute atomic E-state index is 1.21. The van der Waals surface area contributed by atoms with E-state index in [1.54, 1.807) is 0 Å². The maximum atomic E-state index is 2.17. The highest BCUT2D eigenvalue weighted by atomic mass is 15.0. The normalized spacial score (nSPS) is 11.3. The molecular formula is C10H8N2. The Hall–Kier alpha value is -1.70. The first-order valence-corrected chi connectivity index (χ1v) is 3.98. The van der Waals surface area contributed by atoms with E-state index >= 15 is 0 Å². The highest BCUT2D eigenvalue weighted by Gasteiger charge is 1.96. The monoisotopic (exact) mass is 156 g/mol. The van der Waals surface area contributed by atoms with Crippen molar-refractivity contribution in [3.8, 4) is 0 Å². The number of fused-ring (bicyclic) bond motifs is 3. The second-order valence-corrected chi connectivity index (χ2v) is 2.89. The van der Waals surface area contributed by atoms with Gasteiger partial charge >= 0.3 is 0 Å². The molecule has 0 aliphatic rings. The van der Waals surface area contributed by atoms with Crippen LogP contribution >= 0.6 is 0 Å². The van der Waals surface area contributed by atoms with Gasteiger partial charge in [0.25, 0.3) is 0 Å². The zero-order valence-corrected chi connectivity index (χ0v) is 6.51. The van der Waals surface area contributed by atoms with Gasteiger partial charge in [-0.3, -0.25) is 0 Å². The molecule has 0 amide bonds. The second-order valence-electron chi connectivity index (χ2n) is 2.89. The standard InChI is InChI=1S/C10H8N2/c1-3-9-5-8-11-6-2-4-10(11)12(9)7-1/h1-8H. The van der Waals surface area contributed by atoms with Crippen LogP contribution in [0.15, 0.2) is 48.9 Å². The zero-order valence-electron chi connectivity index (χ0n) is 6.51. The highest BCUT2D eigenvalue weighted by Crippen LogP contribution is 2.10. The average Bonchev–Trinajstić information content (AvgIpc) is 2.71. The molecule has 0 aliphatic carbocycles. The van der Waals surface area contributed by atoms with Crippen LogP contribution in [-0.2, 0) is 0 Å². The third-order valence-electron chi connectivity index (χ3n) is 2.19. The molecule has 3 heterocycles. The fourth-order valence-corrected chi connectivity index (χ4v) is 1.61. The van der Waals surface area contributed by atoms with Crippen molar-refractivity contribution in [2.75, 3.05) is 0 Å². The summed E-state index contributed by atoms with van der Waals surface area (Å²) < 4.78 is 4.27. The van der Waals surface area contributed by atoms with Gasteiger partial charge in [-0.05, 0) is 30.3 Å². The molecule has 58 valence electrons. The van der Waals surface area contributed by atoms with E-state index in [-0.39, 0.29) is 0 Å². The summed E-state index contributed by atoms with van der Waals surface area (Å²) in [5, 5.41) is 0. The van der Waals surface area contributed by atoms with Crippen molar-refractivity contribution in [1.29, 1.82) is 0 Å². The van der Waals surface area contributed by atoms with Gasteiger partial charge in [0.05, 0.1) is 0 Å². The molecule has 0 unspecified atom stereocenters. The van der Waals surface area contributed by atoms with E-state index in [1.165, 1.54) is 11.2 Å². The lowest BCUT2D eigenvalue weighted by molar-refractivity contribution is 1.10. The number of rotatable bonds is 0. The molecular weight excluding hydrogens is 148 g/mol. The first-order chi connectivity index (χ1) is 5.95. The predicted molar refractivity (Wildman–Crippen MR) is 48.4 cm³/mol. The summed E-state index contributed by atoms with van der Waals surface area (Å²) in [6.07, 6.45) is 6.20. The van der Waals surface area contributed by atoms with Crippen molar-refractivity contribution < 1.29 is 0 Å². The van der Waals surface area contributed by atoms with Crippen LogP contribution in [0.4, 0.5) is 0 Å². The molecule has 2 nitrogen and oxygen atoms in total. The van der Waals surface area contributed by atoms with Crippen molar-refractivity contribution in [3.63, 3.8) is 0 Å². The third-order valence-corrected chi connectivity index (χ3v) is 2.19. The van der Waals surface area contributed by atoms with Gasteiger partial charge in [0.2, 0.25) is 0 Å². The topological polar surface area (TPSA) is 8.82 Å². The van der Waals surface area contributed by atoms with E-state index < -0.39 is 0 Å². The smallest absolute Gasteiger partial charge is 0.121 e. The zero-order chi connectivity index (χ0) is 7.97. The molecule has 0 saturated carbocycles. The molecule has 0 aromatic carbocycles. The van der Waals surface area contributed by atoms with Crippen molar-refractivity contribution in [2.24, 2.45) is 0 Å². The van der Waals surface area contributed by atoms with Gasteiger partial charge in [-0.2, -0.15) is 0 Å². The molecule has 12 heavy (non-hydrogen) atoms. The number of nitrogens with zero attached hydrogens (tertiary/aromatic N) is 2. The molecule has 0 radical (unpaired) electrons. The van der Waals surface area contributed by atoms with Gasteiger partial charge < -0.3 is 8.80 Å². The molecule has 0 N–H and O–H groups in total. The van der Waals surface area contributed by atoms with Crippen LogP contribution in [0.2, 0.25) is 0 Å². The van der Waals surface area contributed by atoms with Crippen LogP contribution in [-0.4, -0.2) is 8.80 Å². The summed E-state index contributed by atoms with van der Waals surface area (Å²) in [6, 6.07) is 10.4. The van der Waals surface area contributed by atoms with E-state index in [0.29, 0.717) is 0 Å². The Morgan fingerprint density at radius 1 is 0.833 bits per heavy atom. The van der Waals surface area contributed by atoms with Crippen LogP contribution < -0.4 is 0 Å². The summed E-state index contributed by atoms with van der Waals surface area (Å²) >= 11 is 0. The fraction of sp³-hybridized carbons (Fsp3) is 0. The van der Waals surface area contributed by atoms with Crippen molar-refractivity contribution >= 4 is 11.2 Å². The van der Waals surface area contributed by atoms with Crippen molar-refractivity contribution in [3.05, 3.63) is 48.9 Å². The van der Waals surface area contributed by atoms with E-state index in [0.717, 1.165) is 0 Å². The van der Waals surface area contributed by atoms with Gasteiger partial charge in [-0.15, -0.1) is 0 Å². The van der Waals surface area contributed by atoms with Gasteiger partial charge in [-0.25, -0.2) is 0 Å². The third kappa shape index (κ3) is 0.593. The molecule has 2 heteroatoms. The maximum Gasteiger partial charge on any atom is 0.121 e. The fourth-order valence-electron chi connectivity index (χ4n) is 1.61. The average molecular weight is 156 g/mol. The summed E-state index contributed by atoms with van der Waals surface area (Å²) in [5.74, 6) is 0. The molecule has 3 aromatic rings. The lowest BCUT2D eigenvalue weighted by Crippen LogP contribution is -1.89. The Morgan fingerprint density at radius 3 is 2.75 bits per heavy atom. The van der Waals surface area contributed by atoms with Crippen LogP contribution in [0, 0.1) is 0 Å². The van der Waals surface area contributed by atoms with E-state index in [4.69, 9.17) is 0 Å². The van der Waals surface area contributed by atoms with Crippen molar-refractivity contribution in [2.45, 2.75) is 0 Å². The molecule has 3 rings (SSSR count). The number of aromatic nitrogens is 2. The molecule has 0 spiro atoms. The molecule has 0 bridgehead atoms. The van der Waals surface area contributed by atoms with Crippen LogP contribution in [0.25, 0.3) is 11.2 Å². The predicted octanol–water partition coefficient (Wildman–Crippen LogP) is 2.19. The Kier molecular flexibility index (Phi) is 0.939. The summed E-state index contributed by atoms with van der Waals surface area (Å²) in [6.45, 7) is 0. The van der Waals surface area contributed by atoms with E-state index in [1.807, 2.05) is 0 Å². The van der Waals surface area contributed by atoms with Gasteiger partial charge in [0.1, 0.15) is 5.65 Å². The Balaban J connectivity index is 2.71. The Labute approximate surface area is 69.7 Å². The molecule has 0 saturated heterocycles. The SMILES string of the molecule is c1cc2n(c1)ccc1cccn12. The maximum absolute atomic E-state index is 2.17. The highest BCUT2D eigenvalue weighted by molar-refractivity contribution is 5.56. The van der Waals surface area contributed by atoms with Gasteiger partial charge in [-0.1, -0.05) is 0 Å². The first-order valence-electron chi connectivity index (χ1n) is 3.98. The molecule has 3 aromatic heterocycles. The van der Waals surface area contributed by atoms with Gasteiger partial charge in [0, 0.05) is 24.1 Å². The Bertz CT molecular complexity index is 481. The minimum Gasteiger partial charge on any atom is -0.310 e. The molecule has 0 aliphatic heterocycles. The Morgan fingerprint density at radius 2 is 1.75 bits per heavy atom. The van der Waals surface area contributed by atoms with Crippen molar-refractivity contribution in [1.82, 2.24) is 8.80 Å². The quantitative estimate of drug-likeness (QED) is 0.471. The van der Waals surface area contributed by atoms with Crippen LogP contribution in [0.5, 0.6) is 0 Å². The van der Waals surface area contributed by atoms with Crippen LogP contribution in [0.1, 0.15) is 0 Å². The lowest BCUT2D eigenvalue weighted by Gasteiger charge is -1.98. The molecule has 0 fully saturated rings. The lowest BCUT2D eigenvalue weighted by atomic mass is 10.5. The summed E-state index contributed by atoms with van der Waals surface area (Å²) in [7, 11) is 0. The number of hydrogen-bond donors (Lipinski definition) is 0. The summed E-state index contributed by atoms with van der Waals surface area (Å²) in [5.41, 5.74) is 2.44. The molecule has 0 atom stereocenters. The van der Waals surface area contributed by atoms with E-state index in [9.17, 15) is 0 Å². The van der Waals surface area contributed by atoms with Gasteiger partial charge in [0.15, 0.2) is 0 Å². The first kappa shape index (κ1) is 5.89. The largest absolute Gasteiger partial charge is 0.310 e. The van der Waals surface area contributed by atoms with E-state index in [2.05, 4.69) is 57.7 Å². The second kappa shape index (κ2) is 1.91. The summed E-state index contributed by atoms with van der Waals surface area (Å²) in [4.78, 5) is 0. The van der Waals surface area contributed by atoms with Crippen LogP contribution in [0.3, 0.4) is 0 Å². The minimum atomic E-state index is 1.21.